The second-order valence-electron chi connectivity index (χ2n) is 7.55. The van der Waals surface area contributed by atoms with E-state index < -0.39 is 5.97 Å². The van der Waals surface area contributed by atoms with Crippen molar-refractivity contribution in [2.24, 2.45) is 0 Å². The predicted molar refractivity (Wildman–Crippen MR) is 122 cm³/mol. The van der Waals surface area contributed by atoms with Crippen molar-refractivity contribution in [2.45, 2.75) is 86.0 Å². The summed E-state index contributed by atoms with van der Waals surface area (Å²) in [4.78, 5) is 12.4. The molecule has 0 atom stereocenters. The molecule has 0 unspecified atom stereocenters. The number of benzene rings is 1. The van der Waals surface area contributed by atoms with E-state index in [4.69, 9.17) is 18.9 Å². The average Bonchev–Trinajstić information content (AvgIpc) is 2.72. The highest BCUT2D eigenvalue weighted by Crippen LogP contribution is 2.48. The summed E-state index contributed by atoms with van der Waals surface area (Å²) in [5.74, 6) is 1.44. The van der Waals surface area contributed by atoms with E-state index in [9.17, 15) is 4.79 Å². The Kier molecular flexibility index (Phi) is 12.7. The van der Waals surface area contributed by atoms with Crippen molar-refractivity contribution >= 4 is 5.97 Å². The summed E-state index contributed by atoms with van der Waals surface area (Å²) in [6, 6.07) is 1.94. The minimum Gasteiger partial charge on any atom is -0.490 e. The number of esters is 1. The Morgan fingerprint density at radius 3 is 1.83 bits per heavy atom. The molecule has 0 radical (unpaired) electrons. The van der Waals surface area contributed by atoms with Crippen molar-refractivity contribution in [2.75, 3.05) is 19.8 Å². The van der Waals surface area contributed by atoms with Gasteiger partial charge in [0.1, 0.15) is 0 Å². The quantitative estimate of drug-likeness (QED) is 0.130. The van der Waals surface area contributed by atoms with Crippen molar-refractivity contribution in [3.63, 3.8) is 0 Å². The zero-order valence-electron chi connectivity index (χ0n) is 19.6. The van der Waals surface area contributed by atoms with Gasteiger partial charge in [-0.25, -0.2) is 4.79 Å². The molecule has 0 aliphatic carbocycles. The van der Waals surface area contributed by atoms with E-state index in [0.29, 0.717) is 48.4 Å². The first-order chi connectivity index (χ1) is 14.5. The van der Waals surface area contributed by atoms with Gasteiger partial charge in [-0.2, -0.15) is 0 Å². The Labute approximate surface area is 182 Å². The largest absolute Gasteiger partial charge is 0.490 e. The highest BCUT2D eigenvalue weighted by atomic mass is 16.6. The first kappa shape index (κ1) is 25.9. The molecule has 30 heavy (non-hydrogen) atoms. The van der Waals surface area contributed by atoms with Gasteiger partial charge in [0.25, 0.3) is 0 Å². The highest BCUT2D eigenvalue weighted by Gasteiger charge is 2.25. The third-order valence-electron chi connectivity index (χ3n) is 4.54. The lowest BCUT2D eigenvalue weighted by atomic mass is 10.1. The van der Waals surface area contributed by atoms with Gasteiger partial charge < -0.3 is 18.9 Å². The maximum Gasteiger partial charge on any atom is 0.338 e. The average molecular weight is 421 g/mol. The second-order valence-corrected chi connectivity index (χ2v) is 7.55. The molecule has 0 fully saturated rings. The van der Waals surface area contributed by atoms with Crippen LogP contribution in [0.5, 0.6) is 23.0 Å². The van der Waals surface area contributed by atoms with Crippen LogP contribution in [0.15, 0.2) is 18.2 Å². The minimum absolute atomic E-state index is 0.293. The van der Waals surface area contributed by atoms with Crippen LogP contribution >= 0.6 is 0 Å². The molecule has 0 aliphatic rings. The number of hydrogen-bond acceptors (Lipinski definition) is 5. The van der Waals surface area contributed by atoms with Crippen LogP contribution in [-0.2, 0) is 11.2 Å². The zero-order valence-corrected chi connectivity index (χ0v) is 19.6. The molecular formula is C25H40O5. The lowest BCUT2D eigenvalue weighted by molar-refractivity contribution is -0.130. The number of rotatable bonds is 16. The van der Waals surface area contributed by atoms with Crippen LogP contribution in [0.2, 0.25) is 0 Å². The fourth-order valence-electron chi connectivity index (χ4n) is 2.74. The minimum atomic E-state index is -0.501. The smallest absolute Gasteiger partial charge is 0.338 e. The zero-order chi connectivity index (χ0) is 22.4. The molecule has 5 heteroatoms. The van der Waals surface area contributed by atoms with Gasteiger partial charge >= 0.3 is 5.97 Å². The first-order valence-electron chi connectivity index (χ1n) is 11.5. The lowest BCUT2D eigenvalue weighted by Gasteiger charge is -2.22. The molecule has 0 N–H and O–H groups in total. The summed E-state index contributed by atoms with van der Waals surface area (Å²) in [6.45, 7) is 15.4. The summed E-state index contributed by atoms with van der Waals surface area (Å²) < 4.78 is 24.0. The normalized spacial score (nSPS) is 10.6. The molecule has 0 amide bonds. The molecule has 0 bridgehead atoms. The Balaban J connectivity index is 3.51. The molecule has 0 aliphatic heterocycles. The fourth-order valence-corrected chi connectivity index (χ4v) is 2.74. The van der Waals surface area contributed by atoms with E-state index in [-0.39, 0.29) is 0 Å². The van der Waals surface area contributed by atoms with Crippen LogP contribution in [0.1, 0.15) is 85.1 Å². The molecule has 1 aromatic carbocycles. The van der Waals surface area contributed by atoms with E-state index in [2.05, 4.69) is 34.3 Å². The Bertz CT molecular complexity index is 666. The molecule has 5 nitrogen and oxygen atoms in total. The molecule has 0 aromatic heterocycles. The number of aryl methyl sites for hydroxylation is 1. The van der Waals surface area contributed by atoms with E-state index in [1.165, 1.54) is 0 Å². The predicted octanol–water partition coefficient (Wildman–Crippen LogP) is 6.66. The molecule has 0 saturated heterocycles. The fraction of sp³-hybridized carbons (Fsp3) is 0.640. The number of carbonyl (C=O) groups is 1. The van der Waals surface area contributed by atoms with E-state index in [0.717, 1.165) is 56.9 Å². The molecule has 1 rings (SSSR count). The summed E-state index contributed by atoms with van der Waals surface area (Å²) in [5, 5.41) is 0. The van der Waals surface area contributed by atoms with Gasteiger partial charge in [0, 0.05) is 11.1 Å². The van der Waals surface area contributed by atoms with Gasteiger partial charge in [0.2, 0.25) is 11.5 Å². The summed E-state index contributed by atoms with van der Waals surface area (Å²) >= 11 is 0. The summed E-state index contributed by atoms with van der Waals surface area (Å²) in [5.41, 5.74) is 1.34. The maximum atomic E-state index is 12.4. The molecule has 0 heterocycles. The van der Waals surface area contributed by atoms with Gasteiger partial charge in [-0.05, 0) is 38.7 Å². The van der Waals surface area contributed by atoms with Crippen LogP contribution < -0.4 is 18.9 Å². The molecule has 170 valence electrons. The van der Waals surface area contributed by atoms with E-state index in [1.807, 2.05) is 6.07 Å². The van der Waals surface area contributed by atoms with Crippen molar-refractivity contribution in [1.29, 1.82) is 0 Å². The topological polar surface area (TPSA) is 54.0 Å². The molecular weight excluding hydrogens is 380 g/mol. The van der Waals surface area contributed by atoms with Crippen molar-refractivity contribution in [1.82, 2.24) is 0 Å². The first-order valence-corrected chi connectivity index (χ1v) is 11.5. The lowest BCUT2D eigenvalue weighted by Crippen LogP contribution is -2.13. The van der Waals surface area contributed by atoms with E-state index in [1.54, 1.807) is 6.92 Å². The van der Waals surface area contributed by atoms with Crippen molar-refractivity contribution in [3.8, 4) is 23.0 Å². The Morgan fingerprint density at radius 2 is 1.33 bits per heavy atom. The number of ether oxygens (including phenoxy) is 4. The van der Waals surface area contributed by atoms with Crippen LogP contribution in [-0.4, -0.2) is 25.8 Å². The highest BCUT2D eigenvalue weighted by molar-refractivity contribution is 5.90. The van der Waals surface area contributed by atoms with Crippen molar-refractivity contribution < 1.29 is 23.7 Å². The number of carbonyl (C=O) groups excluding carboxylic acids is 1. The van der Waals surface area contributed by atoms with Gasteiger partial charge in [-0.15, -0.1) is 0 Å². The van der Waals surface area contributed by atoms with Crippen LogP contribution in [0, 0.1) is 0 Å². The molecule has 0 saturated carbocycles. The summed E-state index contributed by atoms with van der Waals surface area (Å²) in [6.07, 6.45) is 7.58. The number of unbranched alkanes of at least 4 members (excludes halogenated alkanes) is 3. The SMILES string of the molecule is C=C(C)C(=O)Oc1c(OCCCC)cc(CCC)c(OCCCC)c1OCCCC. The third-order valence-corrected chi connectivity index (χ3v) is 4.54. The van der Waals surface area contributed by atoms with Crippen LogP contribution in [0.4, 0.5) is 0 Å². The Morgan fingerprint density at radius 1 is 0.800 bits per heavy atom. The van der Waals surface area contributed by atoms with Gasteiger partial charge in [-0.3, -0.25) is 0 Å². The monoisotopic (exact) mass is 420 g/mol. The van der Waals surface area contributed by atoms with Crippen LogP contribution in [0.25, 0.3) is 0 Å². The Hall–Kier alpha value is -2.17. The molecule has 1 aromatic rings. The summed E-state index contributed by atoms with van der Waals surface area (Å²) in [7, 11) is 0. The number of hydrogen-bond donors (Lipinski definition) is 0. The van der Waals surface area contributed by atoms with Gasteiger partial charge in [0.15, 0.2) is 11.5 Å². The second kappa shape index (κ2) is 14.8. The third kappa shape index (κ3) is 8.29. The molecule has 0 spiro atoms. The van der Waals surface area contributed by atoms with E-state index >= 15 is 0 Å². The van der Waals surface area contributed by atoms with Gasteiger partial charge in [0.05, 0.1) is 19.8 Å². The van der Waals surface area contributed by atoms with Crippen LogP contribution in [0.3, 0.4) is 0 Å². The van der Waals surface area contributed by atoms with Crippen molar-refractivity contribution in [3.05, 3.63) is 23.8 Å². The standard InChI is InChI=1S/C25H40O5/c1-7-11-15-27-21-18-20(14-10-4)22(28-16-12-8-2)24(29-17-13-9-3)23(21)30-25(26)19(5)6/h18H,5,7-17H2,1-4,6H3. The maximum absolute atomic E-state index is 12.4. The van der Waals surface area contributed by atoms with Gasteiger partial charge in [-0.1, -0.05) is 60.0 Å².